The van der Waals surface area contributed by atoms with E-state index in [0.29, 0.717) is 16.4 Å². The molecule has 1 aromatic carbocycles. The molecule has 0 aliphatic carbocycles. The van der Waals surface area contributed by atoms with Crippen LogP contribution in [0.2, 0.25) is 5.02 Å². The lowest BCUT2D eigenvalue weighted by atomic mass is 9.91. The van der Waals surface area contributed by atoms with Crippen molar-refractivity contribution in [2.75, 3.05) is 18.5 Å². The molecule has 1 aromatic heterocycles. The van der Waals surface area contributed by atoms with E-state index in [0.717, 1.165) is 11.4 Å². The van der Waals surface area contributed by atoms with Gasteiger partial charge in [-0.25, -0.2) is 4.39 Å². The second-order valence-corrected chi connectivity index (χ2v) is 7.77. The number of anilines is 1. The van der Waals surface area contributed by atoms with Gasteiger partial charge in [0.15, 0.2) is 0 Å². The van der Waals surface area contributed by atoms with Gasteiger partial charge in [0.25, 0.3) is 0 Å². The summed E-state index contributed by atoms with van der Waals surface area (Å²) in [5.41, 5.74) is 7.06. The first-order chi connectivity index (χ1) is 12.8. The van der Waals surface area contributed by atoms with Crippen molar-refractivity contribution in [2.45, 2.75) is 32.4 Å². The first-order valence-electron chi connectivity index (χ1n) is 8.88. The Balaban J connectivity index is 1.93. The molecule has 144 valence electrons. The summed E-state index contributed by atoms with van der Waals surface area (Å²) in [5.74, 6) is 0.289. The minimum atomic E-state index is -0.851. The SMILES string of the molecule is CC(C)C(Nc1ccc(F)c(C2(C)COCC(N)=N2)c1)c1ccc(Cl)cn1. The fourth-order valence-corrected chi connectivity index (χ4v) is 3.35. The van der Waals surface area contributed by atoms with E-state index in [-0.39, 0.29) is 31.0 Å². The van der Waals surface area contributed by atoms with Crippen molar-refractivity contribution in [1.82, 2.24) is 4.98 Å². The van der Waals surface area contributed by atoms with Crippen LogP contribution in [0.3, 0.4) is 0 Å². The zero-order chi connectivity index (χ0) is 19.6. The number of nitrogens with one attached hydrogen (secondary N) is 1. The van der Waals surface area contributed by atoms with E-state index < -0.39 is 5.54 Å². The number of hydrogen-bond donors (Lipinski definition) is 2. The summed E-state index contributed by atoms with van der Waals surface area (Å²) in [6.07, 6.45) is 1.63. The van der Waals surface area contributed by atoms with Gasteiger partial charge in [-0.1, -0.05) is 25.4 Å². The summed E-state index contributed by atoms with van der Waals surface area (Å²) in [4.78, 5) is 8.87. The van der Waals surface area contributed by atoms with Gasteiger partial charge in [-0.05, 0) is 43.2 Å². The molecule has 2 aromatic rings. The van der Waals surface area contributed by atoms with Crippen LogP contribution < -0.4 is 11.1 Å². The molecule has 3 rings (SSSR count). The molecular weight excluding hydrogens is 367 g/mol. The van der Waals surface area contributed by atoms with Gasteiger partial charge in [-0.15, -0.1) is 0 Å². The summed E-state index contributed by atoms with van der Waals surface area (Å²) in [5, 5.41) is 4.05. The van der Waals surface area contributed by atoms with Crippen LogP contribution >= 0.6 is 11.6 Å². The molecule has 0 radical (unpaired) electrons. The Kier molecular flexibility index (Phi) is 5.67. The van der Waals surface area contributed by atoms with Crippen molar-refractivity contribution in [3.05, 3.63) is 58.6 Å². The van der Waals surface area contributed by atoms with Crippen LogP contribution in [0.25, 0.3) is 0 Å². The van der Waals surface area contributed by atoms with Crippen molar-refractivity contribution < 1.29 is 9.13 Å². The number of ether oxygens (including phenoxy) is 1. The molecule has 1 aliphatic rings. The predicted molar refractivity (Wildman–Crippen MR) is 107 cm³/mol. The maximum absolute atomic E-state index is 14.6. The molecular formula is C20H24ClFN4O. The third-order valence-electron chi connectivity index (χ3n) is 4.63. The van der Waals surface area contributed by atoms with E-state index in [1.807, 2.05) is 19.1 Å². The molecule has 1 aliphatic heterocycles. The standard InChI is InChI=1S/C20H24ClFN4O/c1-12(2)19(17-7-4-13(21)9-24-17)25-14-5-6-16(22)15(8-14)20(3)11-27-10-18(23)26-20/h4-9,12,19,25H,10-11H2,1-3H3,(H2,23,26). The lowest BCUT2D eigenvalue weighted by Crippen LogP contribution is -2.38. The summed E-state index contributed by atoms with van der Waals surface area (Å²) in [6, 6.07) is 8.58. The van der Waals surface area contributed by atoms with Crippen molar-refractivity contribution in [2.24, 2.45) is 16.6 Å². The van der Waals surface area contributed by atoms with Gasteiger partial charge in [-0.3, -0.25) is 9.98 Å². The molecule has 0 saturated carbocycles. The average Bonchev–Trinajstić information content (AvgIpc) is 2.61. The summed E-state index contributed by atoms with van der Waals surface area (Å²) in [7, 11) is 0. The van der Waals surface area contributed by atoms with Crippen molar-refractivity contribution in [3.63, 3.8) is 0 Å². The number of hydrogen-bond acceptors (Lipinski definition) is 5. The maximum Gasteiger partial charge on any atom is 0.129 e. The minimum Gasteiger partial charge on any atom is -0.386 e. The number of aliphatic imine (C=N–C) groups is 1. The molecule has 0 amide bonds. The summed E-state index contributed by atoms with van der Waals surface area (Å²) < 4.78 is 20.1. The molecule has 5 nitrogen and oxygen atoms in total. The zero-order valence-electron chi connectivity index (χ0n) is 15.7. The number of pyridine rings is 1. The number of halogens is 2. The highest BCUT2D eigenvalue weighted by Gasteiger charge is 2.33. The molecule has 7 heteroatoms. The topological polar surface area (TPSA) is 72.5 Å². The van der Waals surface area contributed by atoms with Crippen LogP contribution in [-0.2, 0) is 10.3 Å². The molecule has 27 heavy (non-hydrogen) atoms. The molecule has 0 fully saturated rings. The third kappa shape index (κ3) is 4.39. The van der Waals surface area contributed by atoms with E-state index >= 15 is 0 Å². The van der Waals surface area contributed by atoms with Crippen LogP contribution in [0, 0.1) is 11.7 Å². The van der Waals surface area contributed by atoms with Gasteiger partial charge in [0.05, 0.1) is 23.4 Å². The summed E-state index contributed by atoms with van der Waals surface area (Å²) >= 11 is 5.95. The first kappa shape index (κ1) is 19.6. The van der Waals surface area contributed by atoms with Crippen molar-refractivity contribution >= 4 is 23.1 Å². The van der Waals surface area contributed by atoms with E-state index in [4.69, 9.17) is 22.1 Å². The van der Waals surface area contributed by atoms with Gasteiger partial charge >= 0.3 is 0 Å². The second kappa shape index (κ2) is 7.82. The van der Waals surface area contributed by atoms with Crippen molar-refractivity contribution in [3.8, 4) is 0 Å². The number of benzene rings is 1. The van der Waals surface area contributed by atoms with Crippen LogP contribution in [0.4, 0.5) is 10.1 Å². The van der Waals surface area contributed by atoms with Crippen LogP contribution in [0.15, 0.2) is 41.5 Å². The van der Waals surface area contributed by atoms with Gasteiger partial charge in [-0.2, -0.15) is 0 Å². The predicted octanol–water partition coefficient (Wildman–Crippen LogP) is 4.29. The molecule has 0 saturated heterocycles. The van der Waals surface area contributed by atoms with Crippen LogP contribution in [0.1, 0.15) is 38.1 Å². The Labute approximate surface area is 163 Å². The van der Waals surface area contributed by atoms with Gasteiger partial charge < -0.3 is 15.8 Å². The average molecular weight is 391 g/mol. The van der Waals surface area contributed by atoms with Gasteiger partial charge in [0.1, 0.15) is 23.8 Å². The number of aromatic nitrogens is 1. The smallest absolute Gasteiger partial charge is 0.129 e. The number of rotatable bonds is 5. The summed E-state index contributed by atoms with van der Waals surface area (Å²) in [6.45, 7) is 6.56. The van der Waals surface area contributed by atoms with E-state index in [1.54, 1.807) is 18.3 Å². The Morgan fingerprint density at radius 1 is 1.30 bits per heavy atom. The molecule has 0 spiro atoms. The molecule has 2 unspecified atom stereocenters. The highest BCUT2D eigenvalue weighted by atomic mass is 35.5. The normalized spacial score (nSPS) is 21.0. The number of nitrogens with two attached hydrogens (primary N) is 1. The highest BCUT2D eigenvalue weighted by Crippen LogP contribution is 2.34. The third-order valence-corrected chi connectivity index (χ3v) is 4.85. The molecule has 3 N–H and O–H groups in total. The fraction of sp³-hybridized carbons (Fsp3) is 0.400. The fourth-order valence-electron chi connectivity index (χ4n) is 3.23. The number of nitrogens with zero attached hydrogens (tertiary/aromatic N) is 2. The Bertz CT molecular complexity index is 840. The van der Waals surface area contributed by atoms with E-state index in [1.165, 1.54) is 6.07 Å². The molecule has 2 heterocycles. The van der Waals surface area contributed by atoms with Gasteiger partial charge in [0.2, 0.25) is 0 Å². The number of amidine groups is 1. The Morgan fingerprint density at radius 2 is 2.07 bits per heavy atom. The minimum absolute atomic E-state index is 0.0513. The molecule has 0 bridgehead atoms. The Morgan fingerprint density at radius 3 is 2.70 bits per heavy atom. The van der Waals surface area contributed by atoms with E-state index in [9.17, 15) is 4.39 Å². The van der Waals surface area contributed by atoms with Crippen LogP contribution in [0.5, 0.6) is 0 Å². The Hall–Kier alpha value is -2.18. The van der Waals surface area contributed by atoms with Gasteiger partial charge in [0, 0.05) is 17.4 Å². The first-order valence-corrected chi connectivity index (χ1v) is 9.26. The van der Waals surface area contributed by atoms with Crippen LogP contribution in [-0.4, -0.2) is 24.0 Å². The largest absolute Gasteiger partial charge is 0.386 e. The maximum atomic E-state index is 14.6. The molecule has 2 atom stereocenters. The monoisotopic (exact) mass is 390 g/mol. The highest BCUT2D eigenvalue weighted by molar-refractivity contribution is 6.30. The lowest BCUT2D eigenvalue weighted by Gasteiger charge is -2.31. The van der Waals surface area contributed by atoms with E-state index in [2.05, 4.69) is 29.1 Å². The van der Waals surface area contributed by atoms with Crippen molar-refractivity contribution in [1.29, 1.82) is 0 Å². The quantitative estimate of drug-likeness (QED) is 0.798. The lowest BCUT2D eigenvalue weighted by molar-refractivity contribution is 0.104. The zero-order valence-corrected chi connectivity index (χ0v) is 16.4. The second-order valence-electron chi connectivity index (χ2n) is 7.33.